The van der Waals surface area contributed by atoms with Gasteiger partial charge in [-0.25, -0.2) is 0 Å². The van der Waals surface area contributed by atoms with Gasteiger partial charge < -0.3 is 9.47 Å². The number of nitrogens with zero attached hydrogens (tertiary/aromatic N) is 1. The lowest BCUT2D eigenvalue weighted by Crippen LogP contribution is -2.51. The van der Waals surface area contributed by atoms with Crippen LogP contribution >= 0.6 is 0 Å². The highest BCUT2D eigenvalue weighted by atomic mass is 16.5. The predicted octanol–water partition coefficient (Wildman–Crippen LogP) is 6.14. The van der Waals surface area contributed by atoms with E-state index in [4.69, 9.17) is 9.47 Å². The average Bonchev–Trinajstić information content (AvgIpc) is 2.94. The standard InChI is InChI=1S/C26H37NO2/c1-4-29-20-14-18(15-27-16-20)22-8-9-23-21-7-6-19-17-28-13-5-11-25(19,2)24(21)10-12-26(22,23)3/h8,14-16,19,21,23-24H,4-7,9-13,17H2,1-3H3. The Hall–Kier alpha value is -1.35. The molecule has 3 fully saturated rings. The Morgan fingerprint density at radius 2 is 2.03 bits per heavy atom. The SMILES string of the molecule is CCOc1cncc(C2=CCC3C4CCC5COCCCC5(C)C4CCC23C)c1. The van der Waals surface area contributed by atoms with Crippen molar-refractivity contribution < 1.29 is 9.47 Å². The second-order valence-corrected chi connectivity index (χ2v) is 10.5. The zero-order valence-electron chi connectivity index (χ0n) is 18.5. The number of ether oxygens (including phenoxy) is 2. The maximum Gasteiger partial charge on any atom is 0.138 e. The van der Waals surface area contributed by atoms with Crippen molar-refractivity contribution in [2.24, 2.45) is 34.5 Å². The number of pyridine rings is 1. The summed E-state index contributed by atoms with van der Waals surface area (Å²) in [5.41, 5.74) is 3.59. The van der Waals surface area contributed by atoms with Crippen LogP contribution in [-0.4, -0.2) is 24.8 Å². The molecule has 0 amide bonds. The molecule has 1 aromatic rings. The summed E-state index contributed by atoms with van der Waals surface area (Å²) >= 11 is 0. The molecule has 4 aliphatic rings. The molecule has 1 saturated heterocycles. The zero-order valence-corrected chi connectivity index (χ0v) is 18.5. The largest absolute Gasteiger partial charge is 0.492 e. The van der Waals surface area contributed by atoms with E-state index < -0.39 is 0 Å². The Morgan fingerprint density at radius 3 is 2.90 bits per heavy atom. The van der Waals surface area contributed by atoms with Crippen molar-refractivity contribution in [2.75, 3.05) is 19.8 Å². The van der Waals surface area contributed by atoms with E-state index in [9.17, 15) is 0 Å². The second-order valence-electron chi connectivity index (χ2n) is 10.5. The quantitative estimate of drug-likeness (QED) is 0.616. The molecule has 0 spiro atoms. The molecule has 158 valence electrons. The van der Waals surface area contributed by atoms with Gasteiger partial charge in [-0.15, -0.1) is 0 Å². The third-order valence-corrected chi connectivity index (χ3v) is 9.30. The minimum absolute atomic E-state index is 0.290. The first kappa shape index (κ1) is 19.6. The fourth-order valence-electron chi connectivity index (χ4n) is 7.81. The summed E-state index contributed by atoms with van der Waals surface area (Å²) in [4.78, 5) is 4.49. The molecule has 6 atom stereocenters. The molecular weight excluding hydrogens is 358 g/mol. The van der Waals surface area contributed by atoms with Gasteiger partial charge in [0.15, 0.2) is 0 Å². The van der Waals surface area contributed by atoms with Crippen molar-refractivity contribution in [3.8, 4) is 5.75 Å². The van der Waals surface area contributed by atoms with Crippen molar-refractivity contribution >= 4 is 5.57 Å². The first-order chi connectivity index (χ1) is 14.1. The molecule has 0 N–H and O–H groups in total. The van der Waals surface area contributed by atoms with Gasteiger partial charge >= 0.3 is 0 Å². The number of aromatic nitrogens is 1. The molecule has 6 unspecified atom stereocenters. The predicted molar refractivity (Wildman–Crippen MR) is 117 cm³/mol. The Bertz CT molecular complexity index is 789. The van der Waals surface area contributed by atoms with Gasteiger partial charge in [-0.2, -0.15) is 0 Å². The van der Waals surface area contributed by atoms with Crippen LogP contribution in [0.1, 0.15) is 71.3 Å². The second kappa shape index (κ2) is 7.41. The van der Waals surface area contributed by atoms with Gasteiger partial charge in [-0.1, -0.05) is 19.9 Å². The van der Waals surface area contributed by atoms with Crippen LogP contribution in [0.25, 0.3) is 5.57 Å². The highest BCUT2D eigenvalue weighted by molar-refractivity contribution is 5.73. The van der Waals surface area contributed by atoms with Gasteiger partial charge in [0.25, 0.3) is 0 Å². The van der Waals surface area contributed by atoms with Crippen LogP contribution in [0.15, 0.2) is 24.5 Å². The number of hydrogen-bond acceptors (Lipinski definition) is 3. The molecule has 0 bridgehead atoms. The first-order valence-electron chi connectivity index (χ1n) is 11.9. The number of hydrogen-bond donors (Lipinski definition) is 0. The van der Waals surface area contributed by atoms with Crippen molar-refractivity contribution in [1.29, 1.82) is 0 Å². The van der Waals surface area contributed by atoms with Gasteiger partial charge in [-0.3, -0.25) is 4.98 Å². The Labute approximate surface area is 176 Å². The lowest BCUT2D eigenvalue weighted by molar-refractivity contribution is -0.0884. The Balaban J connectivity index is 1.42. The van der Waals surface area contributed by atoms with E-state index in [1.165, 1.54) is 56.1 Å². The Kier molecular flexibility index (Phi) is 5.01. The van der Waals surface area contributed by atoms with E-state index in [1.807, 2.05) is 13.1 Å². The van der Waals surface area contributed by atoms with Crippen molar-refractivity contribution in [3.05, 3.63) is 30.1 Å². The minimum Gasteiger partial charge on any atom is -0.492 e. The van der Waals surface area contributed by atoms with Gasteiger partial charge in [0.05, 0.1) is 12.8 Å². The maximum absolute atomic E-state index is 5.99. The third kappa shape index (κ3) is 3.07. The van der Waals surface area contributed by atoms with Crippen molar-refractivity contribution in [1.82, 2.24) is 4.98 Å². The van der Waals surface area contributed by atoms with E-state index in [-0.39, 0.29) is 5.41 Å². The van der Waals surface area contributed by atoms with E-state index in [1.54, 1.807) is 0 Å². The fourth-order valence-corrected chi connectivity index (χ4v) is 7.81. The smallest absolute Gasteiger partial charge is 0.138 e. The van der Waals surface area contributed by atoms with E-state index >= 15 is 0 Å². The molecule has 1 aromatic heterocycles. The lowest BCUT2D eigenvalue weighted by atomic mass is 9.46. The van der Waals surface area contributed by atoms with E-state index in [0.717, 1.165) is 42.6 Å². The molecular formula is C26H37NO2. The molecule has 29 heavy (non-hydrogen) atoms. The minimum atomic E-state index is 0.290. The van der Waals surface area contributed by atoms with Gasteiger partial charge in [-0.05, 0) is 104 Å². The topological polar surface area (TPSA) is 31.4 Å². The fraction of sp³-hybridized carbons (Fsp3) is 0.731. The van der Waals surface area contributed by atoms with Crippen LogP contribution in [0, 0.1) is 34.5 Å². The first-order valence-corrected chi connectivity index (χ1v) is 11.9. The van der Waals surface area contributed by atoms with Crippen LogP contribution in [-0.2, 0) is 4.74 Å². The number of rotatable bonds is 3. The Morgan fingerprint density at radius 1 is 1.14 bits per heavy atom. The third-order valence-electron chi connectivity index (χ3n) is 9.30. The van der Waals surface area contributed by atoms with Gasteiger partial charge in [0.2, 0.25) is 0 Å². The van der Waals surface area contributed by atoms with Crippen LogP contribution < -0.4 is 4.74 Å². The van der Waals surface area contributed by atoms with Crippen LogP contribution in [0.2, 0.25) is 0 Å². The molecule has 3 heteroatoms. The van der Waals surface area contributed by atoms with E-state index in [0.29, 0.717) is 12.0 Å². The zero-order chi connectivity index (χ0) is 20.1. The molecule has 3 aliphatic carbocycles. The summed E-state index contributed by atoms with van der Waals surface area (Å²) in [7, 11) is 0. The highest BCUT2D eigenvalue weighted by Gasteiger charge is 2.57. The number of allylic oxidation sites excluding steroid dienone is 2. The normalized spacial score (nSPS) is 41.6. The molecule has 3 nitrogen and oxygen atoms in total. The van der Waals surface area contributed by atoms with Crippen molar-refractivity contribution in [2.45, 2.75) is 65.7 Å². The average molecular weight is 396 g/mol. The lowest BCUT2D eigenvalue weighted by Gasteiger charge is -2.58. The summed E-state index contributed by atoms with van der Waals surface area (Å²) < 4.78 is 11.7. The summed E-state index contributed by atoms with van der Waals surface area (Å²) in [5.74, 6) is 4.20. The summed E-state index contributed by atoms with van der Waals surface area (Å²) in [6.45, 7) is 9.86. The summed E-state index contributed by atoms with van der Waals surface area (Å²) in [6, 6.07) is 2.21. The van der Waals surface area contributed by atoms with Crippen LogP contribution in [0.3, 0.4) is 0 Å². The number of fused-ring (bicyclic) bond motifs is 5. The molecule has 1 aliphatic heterocycles. The highest BCUT2D eigenvalue weighted by Crippen LogP contribution is 2.66. The molecule has 0 radical (unpaired) electrons. The summed E-state index contributed by atoms with van der Waals surface area (Å²) in [6.07, 6.45) is 15.7. The van der Waals surface area contributed by atoms with Crippen molar-refractivity contribution in [3.63, 3.8) is 0 Å². The van der Waals surface area contributed by atoms with E-state index in [2.05, 4.69) is 37.2 Å². The maximum atomic E-state index is 5.99. The van der Waals surface area contributed by atoms with Gasteiger partial charge in [0, 0.05) is 19.4 Å². The molecule has 5 rings (SSSR count). The van der Waals surface area contributed by atoms with Crippen LogP contribution in [0.5, 0.6) is 5.75 Å². The van der Waals surface area contributed by atoms with Crippen LogP contribution in [0.4, 0.5) is 0 Å². The van der Waals surface area contributed by atoms with Gasteiger partial charge in [0.1, 0.15) is 5.75 Å². The molecule has 2 heterocycles. The molecule has 2 saturated carbocycles. The monoisotopic (exact) mass is 395 g/mol. The molecule has 0 aromatic carbocycles. The summed E-state index contributed by atoms with van der Waals surface area (Å²) in [5, 5.41) is 0.